The van der Waals surface area contributed by atoms with Gasteiger partial charge in [0.15, 0.2) is 5.69 Å². The van der Waals surface area contributed by atoms with Gasteiger partial charge in [0, 0.05) is 17.7 Å². The number of nitrogens with one attached hydrogen (secondary N) is 2. The van der Waals surface area contributed by atoms with Gasteiger partial charge in [-0.15, -0.1) is 5.11 Å². The molecular formula is C15H10FN5O3. The molecule has 0 bridgehead atoms. The Labute approximate surface area is 133 Å². The molecule has 1 aromatic heterocycles. The van der Waals surface area contributed by atoms with E-state index in [0.29, 0.717) is 11.3 Å². The van der Waals surface area contributed by atoms with E-state index >= 15 is 0 Å². The number of benzene rings is 2. The third-order valence-corrected chi connectivity index (χ3v) is 3.19. The predicted molar refractivity (Wildman–Crippen MR) is 84.1 cm³/mol. The number of azo groups is 1. The number of nitro groups is 1. The highest BCUT2D eigenvalue weighted by atomic mass is 19.1. The van der Waals surface area contributed by atoms with Gasteiger partial charge in [0.1, 0.15) is 5.82 Å². The van der Waals surface area contributed by atoms with Crippen LogP contribution in [0.2, 0.25) is 0 Å². The van der Waals surface area contributed by atoms with Crippen LogP contribution < -0.4 is 5.56 Å². The molecule has 2 aromatic carbocycles. The van der Waals surface area contributed by atoms with Crippen molar-refractivity contribution < 1.29 is 9.31 Å². The summed E-state index contributed by atoms with van der Waals surface area (Å²) in [7, 11) is 0. The van der Waals surface area contributed by atoms with Crippen LogP contribution in [0.5, 0.6) is 0 Å². The molecule has 0 fully saturated rings. The Bertz CT molecular complexity index is 975. The number of hydrogen-bond donors (Lipinski definition) is 2. The first-order valence-corrected chi connectivity index (χ1v) is 6.77. The molecule has 9 heteroatoms. The second-order valence-corrected chi connectivity index (χ2v) is 4.79. The zero-order valence-electron chi connectivity index (χ0n) is 12.1. The van der Waals surface area contributed by atoms with Crippen molar-refractivity contribution in [3.05, 3.63) is 74.8 Å². The lowest BCUT2D eigenvalue weighted by atomic mass is 10.1. The minimum atomic E-state index is -0.534. The Balaban J connectivity index is 2.00. The van der Waals surface area contributed by atoms with E-state index in [1.165, 1.54) is 42.5 Å². The second kappa shape index (κ2) is 6.24. The summed E-state index contributed by atoms with van der Waals surface area (Å²) in [6.45, 7) is 0. The zero-order chi connectivity index (χ0) is 17.1. The molecule has 0 aliphatic heterocycles. The SMILES string of the molecule is O=c1[nH][nH]c(-c2cccc([N+](=O)[O-])c2)c1N=Nc1ccc(F)cc1. The van der Waals surface area contributed by atoms with Gasteiger partial charge >= 0.3 is 0 Å². The van der Waals surface area contributed by atoms with Crippen molar-refractivity contribution in [2.45, 2.75) is 0 Å². The Morgan fingerprint density at radius 1 is 1.04 bits per heavy atom. The van der Waals surface area contributed by atoms with Crippen LogP contribution in [0.15, 0.2) is 63.6 Å². The molecule has 0 amide bonds. The van der Waals surface area contributed by atoms with Crippen LogP contribution in [-0.4, -0.2) is 15.1 Å². The highest BCUT2D eigenvalue weighted by Crippen LogP contribution is 2.28. The highest BCUT2D eigenvalue weighted by Gasteiger charge is 2.14. The van der Waals surface area contributed by atoms with Gasteiger partial charge < -0.3 is 0 Å². The minimum Gasteiger partial charge on any atom is -0.295 e. The summed E-state index contributed by atoms with van der Waals surface area (Å²) in [4.78, 5) is 22.2. The Kier molecular flexibility index (Phi) is 3.98. The quantitative estimate of drug-likeness (QED) is 0.431. The van der Waals surface area contributed by atoms with Crippen LogP contribution >= 0.6 is 0 Å². The maximum Gasteiger partial charge on any atom is 0.292 e. The largest absolute Gasteiger partial charge is 0.295 e. The topological polar surface area (TPSA) is 117 Å². The molecule has 0 unspecified atom stereocenters. The fraction of sp³-hybridized carbons (Fsp3) is 0. The van der Waals surface area contributed by atoms with Gasteiger partial charge in [-0.05, 0) is 24.3 Å². The summed E-state index contributed by atoms with van der Waals surface area (Å²) >= 11 is 0. The van der Waals surface area contributed by atoms with Gasteiger partial charge in [-0.25, -0.2) is 4.39 Å². The number of rotatable bonds is 4. The van der Waals surface area contributed by atoms with Gasteiger partial charge in [-0.2, -0.15) is 5.11 Å². The normalized spacial score (nSPS) is 11.0. The van der Waals surface area contributed by atoms with E-state index in [2.05, 4.69) is 20.4 Å². The van der Waals surface area contributed by atoms with Crippen LogP contribution in [0.1, 0.15) is 0 Å². The predicted octanol–water partition coefficient (Wildman–Crippen LogP) is 3.83. The van der Waals surface area contributed by atoms with Crippen molar-refractivity contribution in [3.8, 4) is 11.3 Å². The summed E-state index contributed by atoms with van der Waals surface area (Å²) in [5.41, 5.74) is 0.380. The molecule has 0 atom stereocenters. The molecule has 3 rings (SSSR count). The van der Waals surface area contributed by atoms with E-state index in [1.54, 1.807) is 6.07 Å². The van der Waals surface area contributed by atoms with E-state index in [1.807, 2.05) is 0 Å². The van der Waals surface area contributed by atoms with Crippen molar-refractivity contribution in [2.24, 2.45) is 10.2 Å². The molecule has 120 valence electrons. The average Bonchev–Trinajstić information content (AvgIpc) is 2.95. The first-order valence-electron chi connectivity index (χ1n) is 6.77. The van der Waals surface area contributed by atoms with E-state index in [9.17, 15) is 19.3 Å². The van der Waals surface area contributed by atoms with Crippen LogP contribution in [-0.2, 0) is 0 Å². The number of aromatic nitrogens is 2. The molecule has 0 spiro atoms. The van der Waals surface area contributed by atoms with Crippen LogP contribution in [0.25, 0.3) is 11.3 Å². The van der Waals surface area contributed by atoms with Gasteiger partial charge in [0.05, 0.1) is 16.3 Å². The number of hydrogen-bond acceptors (Lipinski definition) is 5. The standard InChI is InChI=1S/C15H10FN5O3/c16-10-4-6-11(7-5-10)17-19-14-13(18-20-15(14)22)9-2-1-3-12(8-9)21(23)24/h1-8H,(H2,18,20,22). The van der Waals surface area contributed by atoms with Gasteiger partial charge in [0.25, 0.3) is 11.2 Å². The average molecular weight is 327 g/mol. The lowest BCUT2D eigenvalue weighted by molar-refractivity contribution is -0.384. The van der Waals surface area contributed by atoms with E-state index in [4.69, 9.17) is 0 Å². The molecule has 8 nitrogen and oxygen atoms in total. The maximum atomic E-state index is 12.9. The molecule has 0 saturated carbocycles. The summed E-state index contributed by atoms with van der Waals surface area (Å²) in [5.74, 6) is -0.411. The molecular weight excluding hydrogens is 317 g/mol. The fourth-order valence-corrected chi connectivity index (χ4v) is 2.05. The molecule has 0 aliphatic rings. The first kappa shape index (κ1) is 15.3. The van der Waals surface area contributed by atoms with Gasteiger partial charge in [-0.3, -0.25) is 25.1 Å². The Morgan fingerprint density at radius 2 is 1.79 bits per heavy atom. The molecule has 2 N–H and O–H groups in total. The van der Waals surface area contributed by atoms with Crippen LogP contribution in [0, 0.1) is 15.9 Å². The molecule has 0 aliphatic carbocycles. The third kappa shape index (κ3) is 3.09. The van der Waals surface area contributed by atoms with Crippen molar-refractivity contribution in [1.29, 1.82) is 0 Å². The minimum absolute atomic E-state index is 0.0279. The smallest absolute Gasteiger partial charge is 0.292 e. The zero-order valence-corrected chi connectivity index (χ0v) is 12.1. The number of aromatic amines is 2. The van der Waals surface area contributed by atoms with E-state index < -0.39 is 16.3 Å². The molecule has 24 heavy (non-hydrogen) atoms. The van der Waals surface area contributed by atoms with Gasteiger partial charge in [-0.1, -0.05) is 12.1 Å². The molecule has 1 heterocycles. The number of halogens is 1. The van der Waals surface area contributed by atoms with Crippen LogP contribution in [0.3, 0.4) is 0 Å². The number of nitrogens with zero attached hydrogens (tertiary/aromatic N) is 3. The number of H-pyrrole nitrogens is 2. The molecule has 0 saturated heterocycles. The Morgan fingerprint density at radius 3 is 2.50 bits per heavy atom. The lowest BCUT2D eigenvalue weighted by Gasteiger charge is -1.99. The summed E-state index contributed by atoms with van der Waals surface area (Å²) in [6.07, 6.45) is 0. The third-order valence-electron chi connectivity index (χ3n) is 3.19. The summed E-state index contributed by atoms with van der Waals surface area (Å²) in [6, 6.07) is 11.0. The number of non-ortho nitro benzene ring substituents is 1. The van der Waals surface area contributed by atoms with Gasteiger partial charge in [0.2, 0.25) is 0 Å². The van der Waals surface area contributed by atoms with E-state index in [0.717, 1.165) is 0 Å². The Hall–Kier alpha value is -3.62. The monoisotopic (exact) mass is 327 g/mol. The van der Waals surface area contributed by atoms with E-state index in [-0.39, 0.29) is 17.1 Å². The van der Waals surface area contributed by atoms with Crippen molar-refractivity contribution in [1.82, 2.24) is 10.2 Å². The second-order valence-electron chi connectivity index (χ2n) is 4.79. The van der Waals surface area contributed by atoms with Crippen molar-refractivity contribution in [2.75, 3.05) is 0 Å². The fourth-order valence-electron chi connectivity index (χ4n) is 2.05. The molecule has 3 aromatic rings. The molecule has 0 radical (unpaired) electrons. The van der Waals surface area contributed by atoms with Crippen LogP contribution in [0.4, 0.5) is 21.5 Å². The first-order chi connectivity index (χ1) is 11.5. The van der Waals surface area contributed by atoms with Crippen molar-refractivity contribution >= 4 is 17.1 Å². The lowest BCUT2D eigenvalue weighted by Crippen LogP contribution is -1.96. The summed E-state index contributed by atoms with van der Waals surface area (Å²) < 4.78 is 12.9. The maximum absolute atomic E-state index is 12.9. The highest BCUT2D eigenvalue weighted by molar-refractivity contribution is 5.72. The number of nitro benzene ring substituents is 1. The van der Waals surface area contributed by atoms with Crippen molar-refractivity contribution in [3.63, 3.8) is 0 Å². The summed E-state index contributed by atoms with van der Waals surface area (Å²) in [5, 5.41) is 23.6.